The van der Waals surface area contributed by atoms with Crippen LogP contribution in [0.15, 0.2) is 52.0 Å². The van der Waals surface area contributed by atoms with Crippen LogP contribution in [0, 0.1) is 0 Å². The second kappa shape index (κ2) is 5.55. The molecule has 1 atom stereocenters. The fourth-order valence-electron chi connectivity index (χ4n) is 2.49. The van der Waals surface area contributed by atoms with Gasteiger partial charge in [0.05, 0.1) is 6.04 Å². The van der Waals surface area contributed by atoms with Crippen LogP contribution in [0.5, 0.6) is 0 Å². The van der Waals surface area contributed by atoms with Crippen LogP contribution in [0.2, 0.25) is 0 Å². The number of carbonyl (C=O) groups excluding carboxylic acids is 2. The fourth-order valence-corrected chi connectivity index (χ4v) is 2.49. The van der Waals surface area contributed by atoms with Gasteiger partial charge < -0.3 is 0 Å². The van der Waals surface area contributed by atoms with E-state index in [1.54, 1.807) is 13.8 Å². The number of hydrazine groups is 1. The fraction of sp³-hybridized carbons (Fsp3) is 0.250. The van der Waals surface area contributed by atoms with Crippen LogP contribution in [0.1, 0.15) is 31.9 Å². The maximum Gasteiger partial charge on any atom is 0.275 e. The molecule has 0 saturated heterocycles. The summed E-state index contributed by atoms with van der Waals surface area (Å²) in [5.74, 6) is 0.461. The molecule has 1 aromatic carbocycles. The van der Waals surface area contributed by atoms with Crippen molar-refractivity contribution in [3.8, 4) is 0 Å². The molecule has 2 heterocycles. The third kappa shape index (κ3) is 2.67. The van der Waals surface area contributed by atoms with E-state index in [9.17, 15) is 9.59 Å². The van der Waals surface area contributed by atoms with Gasteiger partial charge >= 0.3 is 0 Å². The number of amidine groups is 2. The Morgan fingerprint density at radius 3 is 2.55 bits per heavy atom. The number of hydrogen-bond acceptors (Lipinski definition) is 5. The molecule has 0 bridgehead atoms. The molecule has 3 rings (SSSR count). The first kappa shape index (κ1) is 14.2. The minimum atomic E-state index is -0.373. The minimum absolute atomic E-state index is 0.0666. The summed E-state index contributed by atoms with van der Waals surface area (Å²) in [5, 5.41) is 0.995. The molecule has 0 radical (unpaired) electrons. The van der Waals surface area contributed by atoms with Crippen LogP contribution in [0.4, 0.5) is 0 Å². The molecule has 6 heteroatoms. The maximum absolute atomic E-state index is 11.9. The number of rotatable bonds is 2. The summed E-state index contributed by atoms with van der Waals surface area (Å²) in [6, 6.07) is 9.80. The summed E-state index contributed by atoms with van der Waals surface area (Å²) in [7, 11) is 0. The molecule has 6 nitrogen and oxygen atoms in total. The highest BCUT2D eigenvalue weighted by Gasteiger charge is 2.30. The standard InChI is InChI=1S/C16H16N4O2/c1-10-8-15(21)20(16(10)22)19-14-9-13(17-11(2)18-14)12-6-4-3-5-7-12/h3-8,13H,9H2,1-2H3,(H,17,18,19). The van der Waals surface area contributed by atoms with Crippen molar-refractivity contribution >= 4 is 23.5 Å². The normalized spacial score (nSPS) is 21.5. The van der Waals surface area contributed by atoms with Gasteiger partial charge in [-0.05, 0) is 19.4 Å². The number of hydrogen-bond donors (Lipinski definition) is 1. The number of nitrogens with zero attached hydrogens (tertiary/aromatic N) is 3. The number of imide groups is 1. The molecule has 2 aliphatic rings. The Balaban J connectivity index is 1.77. The Kier molecular flexibility index (Phi) is 3.58. The second-order valence-electron chi connectivity index (χ2n) is 5.28. The minimum Gasteiger partial charge on any atom is -0.275 e. The summed E-state index contributed by atoms with van der Waals surface area (Å²) in [6.07, 6.45) is 1.83. The van der Waals surface area contributed by atoms with Gasteiger partial charge in [0.1, 0.15) is 11.7 Å². The zero-order chi connectivity index (χ0) is 15.7. The van der Waals surface area contributed by atoms with Gasteiger partial charge in [-0.3, -0.25) is 20.0 Å². The van der Waals surface area contributed by atoms with E-state index in [1.165, 1.54) is 6.08 Å². The average molecular weight is 296 g/mol. The zero-order valence-corrected chi connectivity index (χ0v) is 12.4. The number of aliphatic imine (C=N–C) groups is 2. The smallest absolute Gasteiger partial charge is 0.275 e. The van der Waals surface area contributed by atoms with E-state index in [0.29, 0.717) is 23.7 Å². The Bertz CT molecular complexity index is 719. The summed E-state index contributed by atoms with van der Waals surface area (Å²) in [5.41, 5.74) is 4.32. The van der Waals surface area contributed by atoms with E-state index in [1.807, 2.05) is 30.3 Å². The lowest BCUT2D eigenvalue weighted by atomic mass is 10.0. The number of carbonyl (C=O) groups is 2. The molecule has 0 fully saturated rings. The van der Waals surface area contributed by atoms with Crippen LogP contribution >= 0.6 is 0 Å². The van der Waals surface area contributed by atoms with Crippen LogP contribution in [0.25, 0.3) is 0 Å². The lowest BCUT2D eigenvalue weighted by Gasteiger charge is -2.24. The molecule has 0 spiro atoms. The lowest BCUT2D eigenvalue weighted by molar-refractivity contribution is -0.139. The Hall–Kier alpha value is -2.76. The van der Waals surface area contributed by atoms with Gasteiger partial charge in [0.15, 0.2) is 0 Å². The van der Waals surface area contributed by atoms with E-state index in [0.717, 1.165) is 10.6 Å². The predicted molar refractivity (Wildman–Crippen MR) is 83.1 cm³/mol. The summed E-state index contributed by atoms with van der Waals surface area (Å²) < 4.78 is 0. The zero-order valence-electron chi connectivity index (χ0n) is 12.4. The SMILES string of the molecule is CC1=CC(=O)N(NC2=NC(C)=NC(c3ccccc3)C2)C1=O. The second-order valence-corrected chi connectivity index (χ2v) is 5.28. The van der Waals surface area contributed by atoms with Gasteiger partial charge in [0.2, 0.25) is 0 Å². The molecule has 0 saturated carbocycles. The van der Waals surface area contributed by atoms with Crippen LogP contribution in [0.3, 0.4) is 0 Å². The maximum atomic E-state index is 11.9. The van der Waals surface area contributed by atoms with E-state index in [4.69, 9.17) is 0 Å². The third-order valence-electron chi connectivity index (χ3n) is 3.55. The number of amides is 2. The summed E-state index contributed by atoms with van der Waals surface area (Å²) >= 11 is 0. The molecule has 0 aromatic heterocycles. The summed E-state index contributed by atoms with van der Waals surface area (Å²) in [4.78, 5) is 32.5. The van der Waals surface area contributed by atoms with Crippen molar-refractivity contribution in [3.63, 3.8) is 0 Å². The Labute approximate surface area is 128 Å². The van der Waals surface area contributed by atoms with Crippen LogP contribution < -0.4 is 5.43 Å². The molecular weight excluding hydrogens is 280 g/mol. The number of nitrogens with one attached hydrogen (secondary N) is 1. The lowest BCUT2D eigenvalue weighted by Crippen LogP contribution is -2.47. The first-order chi connectivity index (χ1) is 10.5. The average Bonchev–Trinajstić information content (AvgIpc) is 2.74. The Morgan fingerprint density at radius 2 is 1.91 bits per heavy atom. The van der Waals surface area contributed by atoms with Gasteiger partial charge in [-0.1, -0.05) is 30.3 Å². The first-order valence-electron chi connectivity index (χ1n) is 7.05. The molecule has 1 unspecified atom stereocenters. The highest BCUT2D eigenvalue weighted by atomic mass is 16.2. The number of benzene rings is 1. The van der Waals surface area contributed by atoms with E-state index in [2.05, 4.69) is 15.4 Å². The van der Waals surface area contributed by atoms with Gasteiger partial charge in [0, 0.05) is 18.1 Å². The van der Waals surface area contributed by atoms with Crippen molar-refractivity contribution in [2.75, 3.05) is 0 Å². The molecule has 1 N–H and O–H groups in total. The molecule has 1 aromatic rings. The van der Waals surface area contributed by atoms with Crippen molar-refractivity contribution in [3.05, 3.63) is 47.5 Å². The molecule has 2 aliphatic heterocycles. The molecule has 0 aliphatic carbocycles. The predicted octanol–water partition coefficient (Wildman–Crippen LogP) is 1.77. The van der Waals surface area contributed by atoms with E-state index in [-0.39, 0.29) is 17.9 Å². The Morgan fingerprint density at radius 1 is 1.18 bits per heavy atom. The molecule has 2 amide bonds. The van der Waals surface area contributed by atoms with Gasteiger partial charge in [0.25, 0.3) is 11.8 Å². The third-order valence-corrected chi connectivity index (χ3v) is 3.55. The van der Waals surface area contributed by atoms with Crippen molar-refractivity contribution < 1.29 is 9.59 Å². The largest absolute Gasteiger partial charge is 0.275 e. The topological polar surface area (TPSA) is 74.1 Å². The van der Waals surface area contributed by atoms with Crippen LogP contribution in [-0.4, -0.2) is 28.5 Å². The molecule has 112 valence electrons. The molecule has 22 heavy (non-hydrogen) atoms. The highest BCUT2D eigenvalue weighted by Crippen LogP contribution is 2.24. The molecular formula is C16H16N4O2. The van der Waals surface area contributed by atoms with Gasteiger partial charge in [-0.15, -0.1) is 0 Å². The summed E-state index contributed by atoms with van der Waals surface area (Å²) in [6.45, 7) is 3.41. The van der Waals surface area contributed by atoms with Crippen molar-refractivity contribution in [2.24, 2.45) is 9.98 Å². The van der Waals surface area contributed by atoms with E-state index >= 15 is 0 Å². The van der Waals surface area contributed by atoms with E-state index < -0.39 is 0 Å². The quantitative estimate of drug-likeness (QED) is 0.845. The van der Waals surface area contributed by atoms with Crippen molar-refractivity contribution in [1.82, 2.24) is 10.4 Å². The van der Waals surface area contributed by atoms with Gasteiger partial charge in [-0.25, -0.2) is 4.99 Å². The van der Waals surface area contributed by atoms with Crippen molar-refractivity contribution in [2.45, 2.75) is 26.3 Å². The highest BCUT2D eigenvalue weighted by molar-refractivity contribution is 6.16. The monoisotopic (exact) mass is 296 g/mol. The van der Waals surface area contributed by atoms with Gasteiger partial charge in [-0.2, -0.15) is 5.01 Å². The first-order valence-corrected chi connectivity index (χ1v) is 7.05. The van der Waals surface area contributed by atoms with Crippen LogP contribution in [-0.2, 0) is 9.59 Å². The van der Waals surface area contributed by atoms with Crippen molar-refractivity contribution in [1.29, 1.82) is 0 Å².